The van der Waals surface area contributed by atoms with E-state index in [-0.39, 0.29) is 5.97 Å². The Morgan fingerprint density at radius 1 is 1.42 bits per heavy atom. The van der Waals surface area contributed by atoms with Crippen LogP contribution in [-0.2, 0) is 19.1 Å². The maximum absolute atomic E-state index is 10.1. The lowest BCUT2D eigenvalue weighted by Gasteiger charge is -1.90. The molecule has 0 bridgehead atoms. The normalized spacial score (nSPS) is 7.17. The van der Waals surface area contributed by atoms with Crippen molar-refractivity contribution < 1.29 is 19.1 Å². The molecule has 0 N–H and O–H groups in total. The zero-order chi connectivity index (χ0) is 9.82. The van der Waals surface area contributed by atoms with Gasteiger partial charge in [0.05, 0.1) is 13.2 Å². The van der Waals surface area contributed by atoms with Gasteiger partial charge in [-0.2, -0.15) is 0 Å². The highest BCUT2D eigenvalue weighted by Crippen LogP contribution is 1.74. The summed E-state index contributed by atoms with van der Waals surface area (Å²) < 4.78 is 8.59. The molecule has 4 heteroatoms. The van der Waals surface area contributed by atoms with E-state index in [1.807, 2.05) is 0 Å². The monoisotopic (exact) mass is 174 g/mol. The molecular weight excluding hydrogens is 160 g/mol. The van der Waals surface area contributed by atoms with Gasteiger partial charge in [0.2, 0.25) is 0 Å². The van der Waals surface area contributed by atoms with Crippen molar-refractivity contribution in [2.45, 2.75) is 13.8 Å². The average Bonchev–Trinajstić information content (AvgIpc) is 2.07. The Kier molecular flexibility index (Phi) is 13.7. The molecule has 0 unspecified atom stereocenters. The van der Waals surface area contributed by atoms with Crippen LogP contribution in [0, 0.1) is 0 Å². The highest BCUT2D eigenvalue weighted by atomic mass is 16.5. The summed E-state index contributed by atoms with van der Waals surface area (Å²) >= 11 is 0. The third kappa shape index (κ3) is 15.9. The van der Waals surface area contributed by atoms with E-state index < -0.39 is 0 Å². The van der Waals surface area contributed by atoms with Crippen molar-refractivity contribution in [3.8, 4) is 0 Å². The number of hydrogen-bond acceptors (Lipinski definition) is 4. The number of esters is 1. The van der Waals surface area contributed by atoms with Crippen molar-refractivity contribution in [2.75, 3.05) is 13.2 Å². The Labute approximate surface area is 72.2 Å². The van der Waals surface area contributed by atoms with E-state index >= 15 is 0 Å². The summed E-state index contributed by atoms with van der Waals surface area (Å²) in [7, 11) is 0. The van der Waals surface area contributed by atoms with Gasteiger partial charge in [0, 0.05) is 6.08 Å². The lowest BCUT2D eigenvalue weighted by molar-refractivity contribution is -0.137. The van der Waals surface area contributed by atoms with Crippen molar-refractivity contribution >= 4 is 12.4 Å². The Morgan fingerprint density at radius 2 is 2.00 bits per heavy atom. The van der Waals surface area contributed by atoms with Crippen LogP contribution in [0.3, 0.4) is 0 Å². The number of ether oxygens (including phenoxy) is 2. The third-order valence-electron chi connectivity index (χ3n) is 0.688. The highest BCUT2D eigenvalue weighted by Gasteiger charge is 1.86. The average molecular weight is 174 g/mol. The Balaban J connectivity index is 0. The quantitative estimate of drug-likeness (QED) is 0.361. The fourth-order valence-corrected chi connectivity index (χ4v) is 0.269. The molecule has 70 valence electrons. The smallest absolute Gasteiger partial charge is 0.330 e. The van der Waals surface area contributed by atoms with Gasteiger partial charge >= 0.3 is 5.97 Å². The molecule has 4 nitrogen and oxygen atoms in total. The molecule has 0 aromatic rings. The maximum atomic E-state index is 10.1. The van der Waals surface area contributed by atoms with Gasteiger partial charge in [-0.25, -0.2) is 4.79 Å². The van der Waals surface area contributed by atoms with Gasteiger partial charge in [0.1, 0.15) is 0 Å². The second kappa shape index (κ2) is 12.4. The lowest BCUT2D eigenvalue weighted by atomic mass is 10.6. The summed E-state index contributed by atoms with van der Waals surface area (Å²) in [5.41, 5.74) is 0. The van der Waals surface area contributed by atoms with E-state index in [9.17, 15) is 9.59 Å². The summed E-state index contributed by atoms with van der Waals surface area (Å²) in [4.78, 5) is 19.3. The van der Waals surface area contributed by atoms with Gasteiger partial charge in [-0.3, -0.25) is 4.79 Å². The van der Waals surface area contributed by atoms with Gasteiger partial charge in [-0.05, 0) is 13.8 Å². The van der Waals surface area contributed by atoms with Gasteiger partial charge in [0.15, 0.2) is 0 Å². The van der Waals surface area contributed by atoms with Crippen LogP contribution in [0.5, 0.6) is 0 Å². The second-order valence-electron chi connectivity index (χ2n) is 1.51. The van der Waals surface area contributed by atoms with Gasteiger partial charge in [-0.1, -0.05) is 6.58 Å². The zero-order valence-corrected chi connectivity index (χ0v) is 7.41. The molecule has 0 rings (SSSR count). The topological polar surface area (TPSA) is 52.6 Å². The Bertz CT molecular complexity index is 131. The van der Waals surface area contributed by atoms with Crippen molar-refractivity contribution in [1.82, 2.24) is 0 Å². The molecule has 12 heavy (non-hydrogen) atoms. The molecule has 0 fully saturated rings. The van der Waals surface area contributed by atoms with Crippen LogP contribution in [0.15, 0.2) is 12.7 Å². The van der Waals surface area contributed by atoms with E-state index in [0.717, 1.165) is 6.08 Å². The predicted octanol–water partition coefficient (Wildman–Crippen LogP) is 0.915. The minimum atomic E-state index is -0.359. The highest BCUT2D eigenvalue weighted by molar-refractivity contribution is 5.81. The van der Waals surface area contributed by atoms with E-state index in [2.05, 4.69) is 16.1 Å². The van der Waals surface area contributed by atoms with Gasteiger partial charge in [0.25, 0.3) is 6.47 Å². The fraction of sp³-hybridized carbons (Fsp3) is 0.500. The SMILES string of the molecule is C=CC(=O)OCC.CCOC=O. The minimum absolute atomic E-state index is 0.359. The molecule has 0 aliphatic rings. The Morgan fingerprint density at radius 3 is 2.08 bits per heavy atom. The Hall–Kier alpha value is -1.32. The van der Waals surface area contributed by atoms with Crippen LogP contribution in [0.1, 0.15) is 13.8 Å². The molecule has 0 heterocycles. The van der Waals surface area contributed by atoms with Crippen LogP contribution in [0.25, 0.3) is 0 Å². The lowest BCUT2D eigenvalue weighted by Crippen LogP contribution is -1.97. The molecule has 0 radical (unpaired) electrons. The molecule has 0 aromatic carbocycles. The number of carbonyl (C=O) groups is 2. The first-order chi connectivity index (χ1) is 5.72. The van der Waals surface area contributed by atoms with Crippen LogP contribution in [0.4, 0.5) is 0 Å². The molecule has 0 atom stereocenters. The minimum Gasteiger partial charge on any atom is -0.468 e. The van der Waals surface area contributed by atoms with Gasteiger partial charge < -0.3 is 9.47 Å². The molecule has 0 saturated heterocycles. The zero-order valence-electron chi connectivity index (χ0n) is 7.41. The molecule has 0 amide bonds. The van der Waals surface area contributed by atoms with Gasteiger partial charge in [-0.15, -0.1) is 0 Å². The molecule has 0 aliphatic carbocycles. The number of rotatable bonds is 4. The molecular formula is C8H14O4. The second-order valence-corrected chi connectivity index (χ2v) is 1.51. The van der Waals surface area contributed by atoms with Crippen molar-refractivity contribution in [3.63, 3.8) is 0 Å². The van der Waals surface area contributed by atoms with Crippen molar-refractivity contribution in [1.29, 1.82) is 0 Å². The first kappa shape index (κ1) is 13.3. The summed E-state index contributed by atoms with van der Waals surface area (Å²) in [6, 6.07) is 0. The first-order valence-corrected chi connectivity index (χ1v) is 3.57. The molecule has 0 aromatic heterocycles. The summed E-state index contributed by atoms with van der Waals surface area (Å²) in [5.74, 6) is -0.359. The van der Waals surface area contributed by atoms with Crippen LogP contribution < -0.4 is 0 Å². The summed E-state index contributed by atoms with van der Waals surface area (Å²) in [5, 5.41) is 0. The molecule has 0 aliphatic heterocycles. The predicted molar refractivity (Wildman–Crippen MR) is 44.5 cm³/mol. The summed E-state index contributed by atoms with van der Waals surface area (Å²) in [6.07, 6.45) is 1.14. The van der Waals surface area contributed by atoms with Crippen molar-refractivity contribution in [3.05, 3.63) is 12.7 Å². The van der Waals surface area contributed by atoms with Crippen LogP contribution in [0.2, 0.25) is 0 Å². The number of hydrogen-bond donors (Lipinski definition) is 0. The standard InChI is InChI=1S/C5H8O2.C3H6O2/c1-3-5(6)7-4-2;1-2-5-3-4/h3H,1,4H2,2H3;3H,2H2,1H3. The van der Waals surface area contributed by atoms with E-state index in [1.165, 1.54) is 0 Å². The van der Waals surface area contributed by atoms with Crippen LogP contribution >= 0.6 is 0 Å². The fourth-order valence-electron chi connectivity index (χ4n) is 0.269. The largest absolute Gasteiger partial charge is 0.468 e. The molecule has 0 saturated carbocycles. The first-order valence-electron chi connectivity index (χ1n) is 3.57. The summed E-state index contributed by atoms with van der Waals surface area (Å²) in [6.45, 7) is 8.04. The van der Waals surface area contributed by atoms with Crippen LogP contribution in [-0.4, -0.2) is 25.7 Å². The maximum Gasteiger partial charge on any atom is 0.330 e. The third-order valence-corrected chi connectivity index (χ3v) is 0.688. The van der Waals surface area contributed by atoms with Crippen molar-refractivity contribution in [2.24, 2.45) is 0 Å². The molecule has 0 spiro atoms. The van der Waals surface area contributed by atoms with E-state index in [0.29, 0.717) is 19.7 Å². The van der Waals surface area contributed by atoms with E-state index in [4.69, 9.17) is 0 Å². The van der Waals surface area contributed by atoms with E-state index in [1.54, 1.807) is 13.8 Å². The number of carbonyl (C=O) groups excluding carboxylic acids is 2.